The summed E-state index contributed by atoms with van der Waals surface area (Å²) >= 11 is 1.59. The highest BCUT2D eigenvalue weighted by molar-refractivity contribution is 7.99. The molecule has 0 amide bonds. The Morgan fingerprint density at radius 3 is 2.58 bits per heavy atom. The maximum Gasteiger partial charge on any atom is 0.416 e. The largest absolute Gasteiger partial charge is 0.481 e. The lowest BCUT2D eigenvalue weighted by Gasteiger charge is -2.09. The normalized spacial score (nSPS) is 12.9. The fourth-order valence-corrected chi connectivity index (χ4v) is 4.49. The van der Waals surface area contributed by atoms with Gasteiger partial charge in [-0.2, -0.15) is 13.2 Å². The molecule has 0 aliphatic rings. The third kappa shape index (κ3) is 5.08. The van der Waals surface area contributed by atoms with Crippen molar-refractivity contribution in [3.63, 3.8) is 0 Å². The van der Waals surface area contributed by atoms with Gasteiger partial charge in [-0.25, -0.2) is 4.98 Å². The maximum absolute atomic E-state index is 12.8. The molecule has 0 fully saturated rings. The van der Waals surface area contributed by atoms with E-state index >= 15 is 0 Å². The van der Waals surface area contributed by atoms with Crippen molar-refractivity contribution >= 4 is 28.7 Å². The van der Waals surface area contributed by atoms with E-state index < -0.39 is 17.7 Å². The fraction of sp³-hybridized carbons (Fsp3) is 0.250. The summed E-state index contributed by atoms with van der Waals surface area (Å²) in [4.78, 5) is 16.3. The Morgan fingerprint density at radius 2 is 1.91 bits per heavy atom. The van der Waals surface area contributed by atoms with Crippen molar-refractivity contribution in [3.8, 4) is 11.5 Å². The van der Waals surface area contributed by atoms with Crippen LogP contribution in [0, 0.1) is 6.92 Å². The van der Waals surface area contributed by atoms with E-state index in [1.807, 2.05) is 32.0 Å². The molecule has 0 bridgehead atoms. The summed E-state index contributed by atoms with van der Waals surface area (Å²) in [5, 5.41) is 9.77. The number of rotatable bonds is 7. The first kappa shape index (κ1) is 23.0. The van der Waals surface area contributed by atoms with Crippen LogP contribution in [0.4, 0.5) is 13.2 Å². The number of halogens is 3. The molecule has 0 radical (unpaired) electrons. The first-order valence-electron chi connectivity index (χ1n) is 10.1. The number of benzene rings is 2. The minimum atomic E-state index is -4.39. The van der Waals surface area contributed by atoms with E-state index in [0.717, 1.165) is 22.4 Å². The van der Waals surface area contributed by atoms with Crippen molar-refractivity contribution in [1.82, 2.24) is 4.98 Å². The first-order chi connectivity index (χ1) is 15.6. The Labute approximate surface area is 191 Å². The van der Waals surface area contributed by atoms with Crippen LogP contribution in [0.25, 0.3) is 22.4 Å². The van der Waals surface area contributed by atoms with Crippen LogP contribution in [-0.2, 0) is 17.4 Å². The van der Waals surface area contributed by atoms with Crippen LogP contribution in [0.15, 0.2) is 62.5 Å². The summed E-state index contributed by atoms with van der Waals surface area (Å²) in [6.45, 7) is 3.81. The monoisotopic (exact) mass is 475 g/mol. The number of carbonyl (C=O) groups is 1. The minimum Gasteiger partial charge on any atom is -0.481 e. The van der Waals surface area contributed by atoms with Crippen molar-refractivity contribution in [2.45, 2.75) is 37.3 Å². The van der Waals surface area contributed by atoms with Crippen molar-refractivity contribution in [2.75, 3.05) is 5.75 Å². The van der Waals surface area contributed by atoms with Gasteiger partial charge in [0.25, 0.3) is 0 Å². The number of carboxylic acid groups (broad SMARTS) is 1. The van der Waals surface area contributed by atoms with E-state index in [1.165, 1.54) is 18.4 Å². The minimum absolute atomic E-state index is 0.000526. The average molecular weight is 475 g/mol. The summed E-state index contributed by atoms with van der Waals surface area (Å²) in [6.07, 6.45) is -3.02. The number of hydrogen-bond donors (Lipinski definition) is 1. The van der Waals surface area contributed by atoms with Crippen LogP contribution in [0.3, 0.4) is 0 Å². The smallest absolute Gasteiger partial charge is 0.416 e. The summed E-state index contributed by atoms with van der Waals surface area (Å²) < 4.78 is 49.8. The number of thioether (sulfide) groups is 1. The van der Waals surface area contributed by atoms with E-state index in [0.29, 0.717) is 33.9 Å². The number of oxazole rings is 1. The molecule has 0 saturated carbocycles. The highest BCUT2D eigenvalue weighted by Gasteiger charge is 2.30. The number of hydrogen-bond acceptors (Lipinski definition) is 5. The SMILES string of the molecule is Cc1nc(-c2ccc(C(F)(F)F)cc2)oc1C(C)CSc1ccc2c(CC(=O)O)coc2c1. The molecule has 0 aliphatic carbocycles. The molecule has 2 heterocycles. The summed E-state index contributed by atoms with van der Waals surface area (Å²) in [5.74, 6) is 0.733. The van der Waals surface area contributed by atoms with E-state index in [-0.39, 0.29) is 18.2 Å². The number of alkyl halides is 3. The Morgan fingerprint density at radius 1 is 1.18 bits per heavy atom. The van der Waals surface area contributed by atoms with Gasteiger partial charge in [-0.15, -0.1) is 11.8 Å². The van der Waals surface area contributed by atoms with Crippen LogP contribution in [-0.4, -0.2) is 21.8 Å². The van der Waals surface area contributed by atoms with Crippen molar-refractivity contribution < 1.29 is 31.9 Å². The van der Waals surface area contributed by atoms with Crippen LogP contribution >= 0.6 is 11.8 Å². The lowest BCUT2D eigenvalue weighted by molar-refractivity contribution is -0.138. The van der Waals surface area contributed by atoms with Crippen LogP contribution in [0.2, 0.25) is 0 Å². The standard InChI is InChI=1S/C24H20F3NO4S/c1-13(12-33-18-7-8-19-16(9-21(29)30)11-31-20(19)10-18)22-14(2)28-23(32-22)15-3-5-17(6-4-15)24(25,26)27/h3-8,10-11,13H,9,12H2,1-2H3,(H,29,30). The van der Waals surface area contributed by atoms with Crippen LogP contribution in [0.1, 0.15) is 35.4 Å². The van der Waals surface area contributed by atoms with E-state index in [1.54, 1.807) is 11.8 Å². The molecule has 1 unspecified atom stereocenters. The van der Waals surface area contributed by atoms with E-state index in [9.17, 15) is 18.0 Å². The molecule has 33 heavy (non-hydrogen) atoms. The number of carboxylic acids is 1. The van der Waals surface area contributed by atoms with Gasteiger partial charge >= 0.3 is 12.1 Å². The molecular formula is C24H20F3NO4S. The summed E-state index contributed by atoms with van der Waals surface area (Å²) in [6, 6.07) is 10.4. The van der Waals surface area contributed by atoms with Crippen LogP contribution in [0.5, 0.6) is 0 Å². The topological polar surface area (TPSA) is 76.5 Å². The van der Waals surface area contributed by atoms with Gasteiger partial charge in [0.2, 0.25) is 5.89 Å². The molecule has 1 atom stereocenters. The zero-order chi connectivity index (χ0) is 23.8. The van der Waals surface area contributed by atoms with E-state index in [4.69, 9.17) is 13.9 Å². The molecule has 0 spiro atoms. The molecule has 9 heteroatoms. The highest BCUT2D eigenvalue weighted by Crippen LogP contribution is 2.34. The number of furan rings is 1. The number of aryl methyl sites for hydroxylation is 1. The second-order valence-corrected chi connectivity index (χ2v) is 8.84. The lowest BCUT2D eigenvalue weighted by Crippen LogP contribution is -2.03. The fourth-order valence-electron chi connectivity index (χ4n) is 3.54. The molecule has 4 aromatic rings. The number of fused-ring (bicyclic) bond motifs is 1. The average Bonchev–Trinajstić information content (AvgIpc) is 3.34. The number of nitrogens with zero attached hydrogens (tertiary/aromatic N) is 1. The van der Waals surface area contributed by atoms with E-state index in [2.05, 4.69) is 4.98 Å². The maximum atomic E-state index is 12.8. The predicted octanol–water partition coefficient (Wildman–Crippen LogP) is 6.94. The molecule has 172 valence electrons. The third-order valence-corrected chi connectivity index (χ3v) is 6.46. The zero-order valence-electron chi connectivity index (χ0n) is 17.8. The second-order valence-electron chi connectivity index (χ2n) is 7.75. The van der Waals surface area contributed by atoms with Gasteiger partial charge in [-0.3, -0.25) is 4.79 Å². The van der Waals surface area contributed by atoms with Gasteiger partial charge in [0.05, 0.1) is 23.9 Å². The predicted molar refractivity (Wildman–Crippen MR) is 118 cm³/mol. The molecule has 2 aromatic heterocycles. The summed E-state index contributed by atoms with van der Waals surface area (Å²) in [7, 11) is 0. The van der Waals surface area contributed by atoms with Gasteiger partial charge in [0.1, 0.15) is 11.3 Å². The van der Waals surface area contributed by atoms with Crippen molar-refractivity contribution in [3.05, 3.63) is 71.3 Å². The Hall–Kier alpha value is -3.20. The molecule has 0 aliphatic heterocycles. The zero-order valence-corrected chi connectivity index (χ0v) is 18.6. The Balaban J connectivity index is 1.45. The molecule has 0 saturated heterocycles. The van der Waals surface area contributed by atoms with Gasteiger partial charge in [-0.05, 0) is 49.4 Å². The van der Waals surface area contributed by atoms with Crippen molar-refractivity contribution in [2.24, 2.45) is 0 Å². The Kier molecular flexibility index (Phi) is 6.25. The third-order valence-electron chi connectivity index (χ3n) is 5.21. The molecule has 1 N–H and O–H groups in total. The van der Waals surface area contributed by atoms with Gasteiger partial charge in [-0.1, -0.05) is 6.92 Å². The van der Waals surface area contributed by atoms with Crippen molar-refractivity contribution in [1.29, 1.82) is 0 Å². The van der Waals surface area contributed by atoms with Gasteiger partial charge in [0, 0.05) is 33.1 Å². The first-order valence-corrected chi connectivity index (χ1v) is 11.1. The lowest BCUT2D eigenvalue weighted by atomic mass is 10.1. The number of aromatic nitrogens is 1. The quantitative estimate of drug-likeness (QED) is 0.292. The Bertz CT molecular complexity index is 1290. The molecule has 4 rings (SSSR count). The van der Waals surface area contributed by atoms with Gasteiger partial charge in [0.15, 0.2) is 0 Å². The number of aliphatic carboxylic acids is 1. The van der Waals surface area contributed by atoms with Crippen LogP contribution < -0.4 is 0 Å². The highest BCUT2D eigenvalue weighted by atomic mass is 32.2. The molecule has 2 aromatic carbocycles. The molecular weight excluding hydrogens is 455 g/mol. The van der Waals surface area contributed by atoms with Gasteiger partial charge < -0.3 is 13.9 Å². The summed E-state index contributed by atoms with van der Waals surface area (Å²) in [5.41, 5.74) is 1.72. The molecule has 5 nitrogen and oxygen atoms in total. The second kappa shape index (κ2) is 8.97.